The second kappa shape index (κ2) is 6.26. The number of hydrogen-bond acceptors (Lipinski definition) is 3. The molecule has 0 heterocycles. The Morgan fingerprint density at radius 2 is 1.95 bits per heavy atom. The standard InChI is InChI=1S/C16H18FN3O/c1-3-20(14-7-5-4-6-13(14)17)15-10-11(2)8-9-12(15)16(18)19-21/h4-10,21H,3H2,1-2H3,(H2,18,19). The molecule has 0 radical (unpaired) electrons. The summed E-state index contributed by atoms with van der Waals surface area (Å²) < 4.78 is 14.1. The Hall–Kier alpha value is -2.56. The van der Waals surface area contributed by atoms with E-state index in [1.54, 1.807) is 29.2 Å². The van der Waals surface area contributed by atoms with Crippen molar-refractivity contribution >= 4 is 17.2 Å². The predicted octanol–water partition coefficient (Wildman–Crippen LogP) is 3.39. The summed E-state index contributed by atoms with van der Waals surface area (Å²) in [5.74, 6) is -0.314. The van der Waals surface area contributed by atoms with Crippen molar-refractivity contribution in [3.63, 3.8) is 0 Å². The number of anilines is 2. The Morgan fingerprint density at radius 1 is 1.24 bits per heavy atom. The Morgan fingerprint density at radius 3 is 2.57 bits per heavy atom. The number of nitrogens with two attached hydrogens (primary N) is 1. The number of halogens is 1. The van der Waals surface area contributed by atoms with Crippen LogP contribution in [-0.2, 0) is 0 Å². The lowest BCUT2D eigenvalue weighted by atomic mass is 10.1. The first-order chi connectivity index (χ1) is 10.1. The zero-order valence-electron chi connectivity index (χ0n) is 12.0. The molecule has 2 aromatic carbocycles. The number of aryl methyl sites for hydroxylation is 1. The molecular weight excluding hydrogens is 269 g/mol. The monoisotopic (exact) mass is 287 g/mol. The van der Waals surface area contributed by atoms with Crippen molar-refractivity contribution in [2.75, 3.05) is 11.4 Å². The van der Waals surface area contributed by atoms with E-state index in [0.29, 0.717) is 23.5 Å². The van der Waals surface area contributed by atoms with Crippen LogP contribution in [0.25, 0.3) is 0 Å². The first-order valence-corrected chi connectivity index (χ1v) is 6.69. The molecule has 4 nitrogen and oxygen atoms in total. The zero-order chi connectivity index (χ0) is 15.4. The van der Waals surface area contributed by atoms with Crippen LogP contribution >= 0.6 is 0 Å². The Labute approximate surface area is 123 Å². The molecule has 2 aromatic rings. The molecule has 0 aromatic heterocycles. The molecular formula is C16H18FN3O. The molecule has 0 aliphatic rings. The van der Waals surface area contributed by atoms with Crippen molar-refractivity contribution in [1.29, 1.82) is 0 Å². The van der Waals surface area contributed by atoms with E-state index in [2.05, 4.69) is 5.16 Å². The van der Waals surface area contributed by atoms with E-state index in [-0.39, 0.29) is 11.7 Å². The van der Waals surface area contributed by atoms with Gasteiger partial charge < -0.3 is 15.8 Å². The number of oxime groups is 1. The summed E-state index contributed by atoms with van der Waals surface area (Å²) in [6.45, 7) is 4.41. The molecule has 0 aliphatic carbocycles. The minimum atomic E-state index is -0.314. The van der Waals surface area contributed by atoms with Crippen LogP contribution in [0, 0.1) is 12.7 Å². The van der Waals surface area contributed by atoms with Crippen LogP contribution in [0.5, 0.6) is 0 Å². The molecule has 5 heteroatoms. The third-order valence-corrected chi connectivity index (χ3v) is 3.29. The zero-order valence-corrected chi connectivity index (χ0v) is 12.0. The maximum absolute atomic E-state index is 14.1. The average Bonchev–Trinajstić information content (AvgIpc) is 2.49. The van der Waals surface area contributed by atoms with Gasteiger partial charge in [-0.1, -0.05) is 23.4 Å². The number of rotatable bonds is 4. The number of nitrogens with zero attached hydrogens (tertiary/aromatic N) is 2. The summed E-state index contributed by atoms with van der Waals surface area (Å²) >= 11 is 0. The lowest BCUT2D eigenvalue weighted by Crippen LogP contribution is -2.23. The number of para-hydroxylation sites is 1. The fourth-order valence-corrected chi connectivity index (χ4v) is 2.28. The van der Waals surface area contributed by atoms with Crippen molar-refractivity contribution < 1.29 is 9.60 Å². The molecule has 0 spiro atoms. The molecule has 2 rings (SSSR count). The van der Waals surface area contributed by atoms with Crippen LogP contribution in [0.1, 0.15) is 18.1 Å². The van der Waals surface area contributed by atoms with Gasteiger partial charge in [0.2, 0.25) is 0 Å². The molecule has 0 saturated carbocycles. The van der Waals surface area contributed by atoms with E-state index in [1.807, 2.05) is 26.0 Å². The first-order valence-electron chi connectivity index (χ1n) is 6.69. The summed E-state index contributed by atoms with van der Waals surface area (Å²) in [5, 5.41) is 12.0. The van der Waals surface area contributed by atoms with Crippen molar-refractivity contribution in [3.05, 3.63) is 59.4 Å². The highest BCUT2D eigenvalue weighted by atomic mass is 19.1. The van der Waals surface area contributed by atoms with Gasteiger partial charge in [-0.25, -0.2) is 4.39 Å². The quantitative estimate of drug-likeness (QED) is 0.392. The molecule has 0 aliphatic heterocycles. The van der Waals surface area contributed by atoms with Crippen LogP contribution in [0.4, 0.5) is 15.8 Å². The molecule has 21 heavy (non-hydrogen) atoms. The maximum atomic E-state index is 14.1. The summed E-state index contributed by atoms with van der Waals surface area (Å²) in [6.07, 6.45) is 0. The molecule has 0 bridgehead atoms. The molecule has 110 valence electrons. The summed E-state index contributed by atoms with van der Waals surface area (Å²) in [7, 11) is 0. The van der Waals surface area contributed by atoms with Gasteiger partial charge in [-0.15, -0.1) is 0 Å². The molecule has 0 amide bonds. The Kier molecular flexibility index (Phi) is 4.42. The van der Waals surface area contributed by atoms with E-state index >= 15 is 0 Å². The summed E-state index contributed by atoms with van der Waals surface area (Å²) in [6, 6.07) is 12.1. The second-order valence-corrected chi connectivity index (χ2v) is 4.70. The summed E-state index contributed by atoms with van der Waals surface area (Å²) in [4.78, 5) is 1.80. The maximum Gasteiger partial charge on any atom is 0.172 e. The predicted molar refractivity (Wildman–Crippen MR) is 82.8 cm³/mol. The highest BCUT2D eigenvalue weighted by Crippen LogP contribution is 2.31. The van der Waals surface area contributed by atoms with Crippen LogP contribution in [0.2, 0.25) is 0 Å². The fraction of sp³-hybridized carbons (Fsp3) is 0.188. The van der Waals surface area contributed by atoms with Gasteiger partial charge in [0.1, 0.15) is 5.82 Å². The molecule has 0 atom stereocenters. The smallest absolute Gasteiger partial charge is 0.172 e. The molecule has 0 saturated heterocycles. The third kappa shape index (κ3) is 2.97. The summed E-state index contributed by atoms with van der Waals surface area (Å²) in [5.41, 5.74) is 8.47. The van der Waals surface area contributed by atoms with Crippen LogP contribution < -0.4 is 10.6 Å². The Bertz CT molecular complexity index is 670. The fourth-order valence-electron chi connectivity index (χ4n) is 2.28. The van der Waals surface area contributed by atoms with Crippen molar-refractivity contribution in [3.8, 4) is 0 Å². The number of benzene rings is 2. The van der Waals surface area contributed by atoms with Gasteiger partial charge in [-0.05, 0) is 43.7 Å². The largest absolute Gasteiger partial charge is 0.409 e. The van der Waals surface area contributed by atoms with E-state index < -0.39 is 0 Å². The minimum Gasteiger partial charge on any atom is -0.409 e. The molecule has 0 unspecified atom stereocenters. The van der Waals surface area contributed by atoms with Gasteiger partial charge in [-0.2, -0.15) is 0 Å². The normalized spacial score (nSPS) is 11.5. The van der Waals surface area contributed by atoms with Gasteiger partial charge in [-0.3, -0.25) is 0 Å². The van der Waals surface area contributed by atoms with Gasteiger partial charge in [0.25, 0.3) is 0 Å². The lowest BCUT2D eigenvalue weighted by molar-refractivity contribution is 0.318. The number of amidine groups is 1. The van der Waals surface area contributed by atoms with Gasteiger partial charge in [0.05, 0.1) is 11.4 Å². The Balaban J connectivity index is 2.62. The van der Waals surface area contributed by atoms with E-state index in [1.165, 1.54) is 6.07 Å². The van der Waals surface area contributed by atoms with E-state index in [4.69, 9.17) is 10.9 Å². The molecule has 3 N–H and O–H groups in total. The second-order valence-electron chi connectivity index (χ2n) is 4.70. The van der Waals surface area contributed by atoms with Gasteiger partial charge in [0, 0.05) is 12.1 Å². The highest BCUT2D eigenvalue weighted by molar-refractivity contribution is 6.03. The first kappa shape index (κ1) is 14.8. The topological polar surface area (TPSA) is 61.8 Å². The van der Waals surface area contributed by atoms with Crippen LogP contribution in [-0.4, -0.2) is 17.6 Å². The lowest BCUT2D eigenvalue weighted by Gasteiger charge is -2.26. The average molecular weight is 287 g/mol. The van der Waals surface area contributed by atoms with Gasteiger partial charge in [0.15, 0.2) is 5.84 Å². The molecule has 0 fully saturated rings. The number of hydrogen-bond donors (Lipinski definition) is 2. The van der Waals surface area contributed by atoms with Crippen LogP contribution in [0.15, 0.2) is 47.6 Å². The SMILES string of the molecule is CCN(c1ccccc1F)c1cc(C)ccc1C(N)=NO. The highest BCUT2D eigenvalue weighted by Gasteiger charge is 2.17. The van der Waals surface area contributed by atoms with Crippen molar-refractivity contribution in [2.45, 2.75) is 13.8 Å². The van der Waals surface area contributed by atoms with Crippen molar-refractivity contribution in [2.24, 2.45) is 10.9 Å². The van der Waals surface area contributed by atoms with Crippen molar-refractivity contribution in [1.82, 2.24) is 0 Å². The van der Waals surface area contributed by atoms with Gasteiger partial charge >= 0.3 is 0 Å². The van der Waals surface area contributed by atoms with E-state index in [9.17, 15) is 4.39 Å². The van der Waals surface area contributed by atoms with E-state index in [0.717, 1.165) is 5.56 Å². The third-order valence-electron chi connectivity index (χ3n) is 3.29. The minimum absolute atomic E-state index is 0.000195. The van der Waals surface area contributed by atoms with Crippen LogP contribution in [0.3, 0.4) is 0 Å².